The van der Waals surface area contributed by atoms with Gasteiger partial charge < -0.3 is 18.9 Å². The molecule has 0 amide bonds. The number of benzene rings is 2. The molecule has 5 nitrogen and oxygen atoms in total. The first kappa shape index (κ1) is 32.1. The van der Waals surface area contributed by atoms with Crippen LogP contribution in [-0.4, -0.2) is 25.8 Å². The lowest BCUT2D eigenvalue weighted by molar-refractivity contribution is -0.206. The molecule has 0 unspecified atom stereocenters. The van der Waals surface area contributed by atoms with Crippen LogP contribution in [0.1, 0.15) is 132 Å². The van der Waals surface area contributed by atoms with Gasteiger partial charge in [-0.15, -0.1) is 0 Å². The third-order valence-electron chi connectivity index (χ3n) is 7.65. The first-order chi connectivity index (χ1) is 19.7. The van der Waals surface area contributed by atoms with E-state index >= 15 is 0 Å². The number of ether oxygens (including phenoxy) is 4. The summed E-state index contributed by atoms with van der Waals surface area (Å²) in [5.41, 5.74) is 1.44. The molecule has 1 aliphatic heterocycles. The first-order valence-corrected chi connectivity index (χ1v) is 16.0. The van der Waals surface area contributed by atoms with Crippen molar-refractivity contribution in [1.29, 1.82) is 0 Å². The molecule has 2 aromatic rings. The van der Waals surface area contributed by atoms with Crippen LogP contribution in [0.2, 0.25) is 0 Å². The van der Waals surface area contributed by atoms with Crippen molar-refractivity contribution in [3.05, 3.63) is 59.7 Å². The summed E-state index contributed by atoms with van der Waals surface area (Å²) in [4.78, 5) is 12.6. The van der Waals surface area contributed by atoms with Gasteiger partial charge in [0, 0.05) is 11.5 Å². The van der Waals surface area contributed by atoms with Crippen LogP contribution in [0.3, 0.4) is 0 Å². The normalized spacial score (nSPS) is 17.1. The van der Waals surface area contributed by atoms with Crippen LogP contribution in [0.15, 0.2) is 48.5 Å². The highest BCUT2D eigenvalue weighted by molar-refractivity contribution is 5.91. The van der Waals surface area contributed by atoms with Crippen molar-refractivity contribution in [3.63, 3.8) is 0 Å². The minimum atomic E-state index is -0.385. The van der Waals surface area contributed by atoms with Crippen molar-refractivity contribution >= 4 is 5.97 Å². The van der Waals surface area contributed by atoms with E-state index in [1.54, 1.807) is 24.3 Å². The van der Waals surface area contributed by atoms with E-state index in [0.717, 1.165) is 30.9 Å². The zero-order valence-corrected chi connectivity index (χ0v) is 25.0. The van der Waals surface area contributed by atoms with Crippen LogP contribution < -0.4 is 9.47 Å². The van der Waals surface area contributed by atoms with E-state index in [2.05, 4.69) is 13.8 Å². The summed E-state index contributed by atoms with van der Waals surface area (Å²) in [5, 5.41) is 0. The maximum absolute atomic E-state index is 12.6. The Morgan fingerprint density at radius 2 is 1.20 bits per heavy atom. The smallest absolute Gasteiger partial charge is 0.343 e. The second-order valence-electron chi connectivity index (χ2n) is 11.2. The Bertz CT molecular complexity index is 916. The Labute approximate surface area is 242 Å². The van der Waals surface area contributed by atoms with E-state index in [9.17, 15) is 4.79 Å². The molecule has 0 bridgehead atoms. The molecule has 5 heteroatoms. The summed E-state index contributed by atoms with van der Waals surface area (Å²) < 4.78 is 23.4. The van der Waals surface area contributed by atoms with Gasteiger partial charge in [-0.05, 0) is 49.2 Å². The monoisotopic (exact) mass is 552 g/mol. The minimum absolute atomic E-state index is 0.358. The van der Waals surface area contributed by atoms with Gasteiger partial charge in [-0.3, -0.25) is 0 Å². The van der Waals surface area contributed by atoms with Gasteiger partial charge >= 0.3 is 5.97 Å². The Kier molecular flexibility index (Phi) is 15.8. The molecule has 0 spiro atoms. The second-order valence-corrected chi connectivity index (χ2v) is 11.2. The third-order valence-corrected chi connectivity index (χ3v) is 7.65. The summed E-state index contributed by atoms with van der Waals surface area (Å²) in [6, 6.07) is 14.6. The number of hydrogen-bond donors (Lipinski definition) is 0. The third kappa shape index (κ3) is 12.4. The van der Waals surface area contributed by atoms with Gasteiger partial charge in [0.25, 0.3) is 0 Å². The van der Waals surface area contributed by atoms with Crippen molar-refractivity contribution < 1.29 is 23.7 Å². The Morgan fingerprint density at radius 3 is 1.80 bits per heavy atom. The fourth-order valence-corrected chi connectivity index (χ4v) is 5.09. The van der Waals surface area contributed by atoms with Gasteiger partial charge in [0.2, 0.25) is 0 Å². The average Bonchev–Trinajstić information content (AvgIpc) is 2.99. The molecule has 40 heavy (non-hydrogen) atoms. The van der Waals surface area contributed by atoms with Gasteiger partial charge in [-0.25, -0.2) is 4.79 Å². The van der Waals surface area contributed by atoms with E-state index in [0.29, 0.717) is 23.8 Å². The predicted octanol–water partition coefficient (Wildman–Crippen LogP) is 9.84. The Hall–Kier alpha value is -2.37. The number of esters is 1. The summed E-state index contributed by atoms with van der Waals surface area (Å²) >= 11 is 0. The number of carbonyl (C=O) groups excluding carboxylic acids is 1. The van der Waals surface area contributed by atoms with Crippen molar-refractivity contribution in [3.8, 4) is 11.5 Å². The van der Waals surface area contributed by atoms with E-state index in [-0.39, 0.29) is 12.3 Å². The molecule has 3 rings (SSSR count). The lowest BCUT2D eigenvalue weighted by atomic mass is 10.0. The predicted molar refractivity (Wildman–Crippen MR) is 162 cm³/mol. The molecular formula is C35H52O5. The maximum Gasteiger partial charge on any atom is 0.343 e. The highest BCUT2D eigenvalue weighted by Crippen LogP contribution is 2.29. The topological polar surface area (TPSA) is 54.0 Å². The van der Waals surface area contributed by atoms with Gasteiger partial charge in [-0.1, -0.05) is 109 Å². The SMILES string of the molecule is CCCCCCCCCCC1COC(c2ccc(OC(=O)c3ccc(OCCCCCCCC)cc3)cc2)OC1. The fraction of sp³-hybridized carbons (Fsp3) is 0.629. The van der Waals surface area contributed by atoms with Gasteiger partial charge in [-0.2, -0.15) is 0 Å². The fourth-order valence-electron chi connectivity index (χ4n) is 5.09. The van der Waals surface area contributed by atoms with E-state index in [4.69, 9.17) is 18.9 Å². The number of hydrogen-bond acceptors (Lipinski definition) is 5. The summed E-state index contributed by atoms with van der Waals surface area (Å²) in [5.74, 6) is 1.37. The molecule has 0 atom stereocenters. The van der Waals surface area contributed by atoms with E-state index < -0.39 is 0 Å². The zero-order chi connectivity index (χ0) is 28.3. The zero-order valence-electron chi connectivity index (χ0n) is 25.0. The standard InChI is InChI=1S/C35H52O5/c1-3-5-7-9-11-12-13-15-17-29-27-38-35(39-28-29)31-20-24-33(25-21-31)40-34(36)30-18-22-32(23-19-30)37-26-16-14-10-8-6-4-2/h18-25,29,35H,3-17,26-28H2,1-2H3. The average molecular weight is 553 g/mol. The first-order valence-electron chi connectivity index (χ1n) is 16.0. The molecule has 0 aromatic heterocycles. The van der Waals surface area contributed by atoms with Gasteiger partial charge in [0.15, 0.2) is 6.29 Å². The summed E-state index contributed by atoms with van der Waals surface area (Å²) in [7, 11) is 0. The van der Waals surface area contributed by atoms with Crippen LogP contribution in [0, 0.1) is 5.92 Å². The molecule has 1 fully saturated rings. The molecular weight excluding hydrogens is 500 g/mol. The molecule has 1 aliphatic rings. The molecule has 0 N–H and O–H groups in total. The number of unbranched alkanes of at least 4 members (excludes halogenated alkanes) is 12. The largest absolute Gasteiger partial charge is 0.494 e. The lowest BCUT2D eigenvalue weighted by Gasteiger charge is -2.29. The van der Waals surface area contributed by atoms with Crippen LogP contribution in [0.25, 0.3) is 0 Å². The quantitative estimate of drug-likeness (QED) is 0.0929. The number of rotatable bonds is 20. The summed E-state index contributed by atoms with van der Waals surface area (Å²) in [6.45, 7) is 6.66. The second kappa shape index (κ2) is 19.7. The van der Waals surface area contributed by atoms with E-state index in [1.165, 1.54) is 89.9 Å². The number of carbonyl (C=O) groups is 1. The van der Waals surface area contributed by atoms with Crippen LogP contribution >= 0.6 is 0 Å². The molecule has 1 heterocycles. The highest BCUT2D eigenvalue weighted by Gasteiger charge is 2.23. The van der Waals surface area contributed by atoms with Crippen LogP contribution in [0.4, 0.5) is 0 Å². The molecule has 0 saturated carbocycles. The van der Waals surface area contributed by atoms with Gasteiger partial charge in [0.1, 0.15) is 11.5 Å². The van der Waals surface area contributed by atoms with Crippen LogP contribution in [0.5, 0.6) is 11.5 Å². The molecule has 0 aliphatic carbocycles. The van der Waals surface area contributed by atoms with Crippen molar-refractivity contribution in [2.24, 2.45) is 5.92 Å². The highest BCUT2D eigenvalue weighted by atomic mass is 16.7. The Morgan fingerprint density at radius 1 is 0.675 bits per heavy atom. The Balaban J connectivity index is 1.30. The molecule has 0 radical (unpaired) electrons. The summed E-state index contributed by atoms with van der Waals surface area (Å²) in [6.07, 6.45) is 18.9. The van der Waals surface area contributed by atoms with Crippen LogP contribution in [-0.2, 0) is 9.47 Å². The minimum Gasteiger partial charge on any atom is -0.494 e. The van der Waals surface area contributed by atoms with E-state index in [1.807, 2.05) is 24.3 Å². The van der Waals surface area contributed by atoms with Crippen molar-refractivity contribution in [2.45, 2.75) is 116 Å². The maximum atomic E-state index is 12.6. The molecule has 222 valence electrons. The lowest BCUT2D eigenvalue weighted by Crippen LogP contribution is -2.27. The van der Waals surface area contributed by atoms with Crippen molar-refractivity contribution in [1.82, 2.24) is 0 Å². The van der Waals surface area contributed by atoms with Gasteiger partial charge in [0.05, 0.1) is 25.4 Å². The van der Waals surface area contributed by atoms with Crippen molar-refractivity contribution in [2.75, 3.05) is 19.8 Å². The molecule has 1 saturated heterocycles. The molecule has 2 aromatic carbocycles.